The fraction of sp³-hybridized carbons (Fsp3) is 0.477. The van der Waals surface area contributed by atoms with Crippen molar-refractivity contribution in [3.8, 4) is 17.2 Å². The number of nitrogens with one attached hydrogen (secondary N) is 1. The molecule has 3 aromatic carbocycles. The number of carbonyl (C=O) groups is 5. The number of likely N-dealkylation sites (N-methyl/N-ethyl adjacent to an activating group) is 3. The molecule has 0 aliphatic heterocycles. The molecule has 6 atom stereocenters. The van der Waals surface area contributed by atoms with Gasteiger partial charge in [0.05, 0.1) is 14.2 Å². The molecule has 0 fully saturated rings. The lowest BCUT2D eigenvalue weighted by atomic mass is 9.96. The Morgan fingerprint density at radius 1 is 0.638 bits per heavy atom. The van der Waals surface area contributed by atoms with Crippen molar-refractivity contribution in [1.82, 2.24) is 20.0 Å². The third kappa shape index (κ3) is 12.7. The van der Waals surface area contributed by atoms with Crippen LogP contribution in [0.25, 0.3) is 0 Å². The number of amides is 3. The standard InChI is InChI=1S/C44H60N4O10/c1-11-28(4)39(58-44(55)36(46(5)6)25-31-16-22-34(56-9)23-17-31)40(51)45-38(27(2)3)42(53)47(7)35(24-29-12-18-32(49)19-13-29)41(52)48(8)37(43(54)57-10)26-30-14-20-33(50)21-15-30/h12-23,27-28,35-39,49-50H,11,24-26H2,1-10H3,(H,45,51)/t28-,35-,36+,37+,38+,39-/m0/s1. The first-order valence-electron chi connectivity index (χ1n) is 19.4. The normalized spacial score (nSPS) is 14.3. The van der Waals surface area contributed by atoms with Gasteiger partial charge in [-0.3, -0.25) is 24.1 Å². The van der Waals surface area contributed by atoms with E-state index in [1.54, 1.807) is 83.3 Å². The lowest BCUT2D eigenvalue weighted by molar-refractivity contribution is -0.164. The SMILES string of the molecule is CC[C@H](C)[C@H](OC(=O)[C@@H](Cc1ccc(OC)cc1)N(C)C)C(=O)N[C@@H](C(=O)N(C)[C@@H](Cc1ccc(O)cc1)C(=O)N(C)[C@H](Cc1ccc(O)cc1)C(=O)OC)C(C)C. The van der Waals surface area contributed by atoms with Gasteiger partial charge in [0, 0.05) is 32.9 Å². The van der Waals surface area contributed by atoms with E-state index in [2.05, 4.69) is 5.32 Å². The number of phenols is 2. The van der Waals surface area contributed by atoms with Crippen LogP contribution < -0.4 is 10.1 Å². The van der Waals surface area contributed by atoms with E-state index < -0.39 is 71.8 Å². The minimum atomic E-state index is -1.23. The highest BCUT2D eigenvalue weighted by molar-refractivity contribution is 5.95. The average molecular weight is 805 g/mol. The molecule has 14 nitrogen and oxygen atoms in total. The van der Waals surface area contributed by atoms with Gasteiger partial charge >= 0.3 is 11.9 Å². The summed E-state index contributed by atoms with van der Waals surface area (Å²) in [6, 6.07) is 15.6. The molecule has 3 aromatic rings. The van der Waals surface area contributed by atoms with E-state index in [9.17, 15) is 34.2 Å². The molecule has 0 unspecified atom stereocenters. The number of phenolic OH excluding ortho intramolecular Hbond substituents is 2. The number of nitrogens with zero attached hydrogens (tertiary/aromatic N) is 3. The Morgan fingerprint density at radius 2 is 1.09 bits per heavy atom. The van der Waals surface area contributed by atoms with Gasteiger partial charge in [-0.25, -0.2) is 4.79 Å². The summed E-state index contributed by atoms with van der Waals surface area (Å²) in [6.07, 6.45) is -0.341. The molecule has 0 bridgehead atoms. The summed E-state index contributed by atoms with van der Waals surface area (Å²) < 4.78 is 16.3. The summed E-state index contributed by atoms with van der Waals surface area (Å²) in [6.45, 7) is 7.18. The van der Waals surface area contributed by atoms with Crippen LogP contribution in [0.15, 0.2) is 72.8 Å². The molecule has 0 aliphatic carbocycles. The van der Waals surface area contributed by atoms with Crippen LogP contribution in [0.2, 0.25) is 0 Å². The van der Waals surface area contributed by atoms with Gasteiger partial charge in [0.2, 0.25) is 11.8 Å². The lowest BCUT2D eigenvalue weighted by Gasteiger charge is -2.36. The zero-order chi connectivity index (χ0) is 43.3. The van der Waals surface area contributed by atoms with Gasteiger partial charge in [-0.05, 0) is 85.9 Å². The Kier molecular flexibility index (Phi) is 17.5. The molecule has 0 saturated heterocycles. The van der Waals surface area contributed by atoms with Gasteiger partial charge in [-0.2, -0.15) is 0 Å². The molecule has 14 heteroatoms. The number of ether oxygens (including phenoxy) is 3. The first-order valence-corrected chi connectivity index (χ1v) is 19.4. The maximum Gasteiger partial charge on any atom is 0.328 e. The van der Waals surface area contributed by atoms with Crippen molar-refractivity contribution in [2.24, 2.45) is 11.8 Å². The van der Waals surface area contributed by atoms with Crippen molar-refractivity contribution in [3.05, 3.63) is 89.5 Å². The summed E-state index contributed by atoms with van der Waals surface area (Å²) in [5.41, 5.74) is 2.15. The molecular formula is C44H60N4O10. The van der Waals surface area contributed by atoms with Crippen LogP contribution in [0.3, 0.4) is 0 Å². The summed E-state index contributed by atoms with van der Waals surface area (Å²) in [4.78, 5) is 74.2. The highest BCUT2D eigenvalue weighted by Gasteiger charge is 2.40. The van der Waals surface area contributed by atoms with E-state index in [4.69, 9.17) is 14.2 Å². The first-order chi connectivity index (χ1) is 27.4. The second-order valence-electron chi connectivity index (χ2n) is 15.2. The van der Waals surface area contributed by atoms with Gasteiger partial charge in [0.15, 0.2) is 6.10 Å². The molecular weight excluding hydrogens is 745 g/mol. The predicted molar refractivity (Wildman–Crippen MR) is 219 cm³/mol. The number of methoxy groups -OCH3 is 2. The largest absolute Gasteiger partial charge is 0.508 e. The monoisotopic (exact) mass is 804 g/mol. The summed E-state index contributed by atoms with van der Waals surface area (Å²) in [5, 5.41) is 22.6. The zero-order valence-corrected chi connectivity index (χ0v) is 35.3. The van der Waals surface area contributed by atoms with Gasteiger partial charge in [0.25, 0.3) is 5.91 Å². The van der Waals surface area contributed by atoms with Crippen LogP contribution in [0, 0.1) is 11.8 Å². The van der Waals surface area contributed by atoms with Crippen LogP contribution in [0.4, 0.5) is 0 Å². The summed E-state index contributed by atoms with van der Waals surface area (Å²) in [5.74, 6) is -3.22. The molecule has 3 amide bonds. The van der Waals surface area contributed by atoms with E-state index in [1.807, 2.05) is 19.1 Å². The fourth-order valence-electron chi connectivity index (χ4n) is 6.43. The lowest BCUT2D eigenvalue weighted by Crippen LogP contribution is -2.59. The number of aromatic hydroxyl groups is 2. The number of rotatable bonds is 20. The van der Waals surface area contributed by atoms with Crippen LogP contribution in [-0.2, 0) is 52.7 Å². The Labute approximate surface area is 342 Å². The van der Waals surface area contributed by atoms with Crippen molar-refractivity contribution in [2.75, 3.05) is 42.4 Å². The number of benzene rings is 3. The van der Waals surface area contributed by atoms with E-state index >= 15 is 0 Å². The highest BCUT2D eigenvalue weighted by Crippen LogP contribution is 2.22. The van der Waals surface area contributed by atoms with E-state index in [-0.39, 0.29) is 24.3 Å². The third-order valence-corrected chi connectivity index (χ3v) is 10.5. The van der Waals surface area contributed by atoms with Gasteiger partial charge in [-0.15, -0.1) is 0 Å². The van der Waals surface area contributed by atoms with Crippen molar-refractivity contribution in [2.45, 2.75) is 83.6 Å². The van der Waals surface area contributed by atoms with Gasteiger partial charge < -0.3 is 39.5 Å². The molecule has 0 aliphatic rings. The highest BCUT2D eigenvalue weighted by atomic mass is 16.6. The Bertz CT molecular complexity index is 1820. The predicted octanol–water partition coefficient (Wildman–Crippen LogP) is 3.99. The van der Waals surface area contributed by atoms with Crippen LogP contribution in [0.1, 0.15) is 50.8 Å². The Hall–Kier alpha value is -5.63. The third-order valence-electron chi connectivity index (χ3n) is 10.5. The fourth-order valence-corrected chi connectivity index (χ4v) is 6.43. The van der Waals surface area contributed by atoms with Crippen LogP contribution in [0.5, 0.6) is 17.2 Å². The zero-order valence-electron chi connectivity index (χ0n) is 35.3. The van der Waals surface area contributed by atoms with Crippen LogP contribution >= 0.6 is 0 Å². The second-order valence-corrected chi connectivity index (χ2v) is 15.2. The molecule has 0 spiro atoms. The van der Waals surface area contributed by atoms with Gasteiger partial charge in [-0.1, -0.05) is 64.1 Å². The molecule has 58 heavy (non-hydrogen) atoms. The first kappa shape index (κ1) is 46.8. The van der Waals surface area contributed by atoms with E-state index in [1.165, 1.54) is 55.3 Å². The van der Waals surface area contributed by atoms with Crippen molar-refractivity contribution < 1.29 is 48.4 Å². The van der Waals surface area contributed by atoms with Crippen LogP contribution in [-0.4, -0.2) is 127 Å². The van der Waals surface area contributed by atoms with Gasteiger partial charge in [0.1, 0.15) is 41.4 Å². The number of hydrogen-bond donors (Lipinski definition) is 3. The second kappa shape index (κ2) is 21.8. The number of hydrogen-bond acceptors (Lipinski definition) is 11. The van der Waals surface area contributed by atoms with Crippen molar-refractivity contribution in [1.29, 1.82) is 0 Å². The molecule has 3 N–H and O–H groups in total. The van der Waals surface area contributed by atoms with Crippen molar-refractivity contribution in [3.63, 3.8) is 0 Å². The Morgan fingerprint density at radius 3 is 1.52 bits per heavy atom. The molecule has 0 aromatic heterocycles. The Balaban J connectivity index is 1.92. The number of carbonyl (C=O) groups excluding carboxylic acids is 5. The molecule has 0 saturated carbocycles. The topological polar surface area (TPSA) is 175 Å². The molecule has 316 valence electrons. The maximum absolute atomic E-state index is 14.5. The van der Waals surface area contributed by atoms with E-state index in [0.717, 1.165) is 5.56 Å². The quantitative estimate of drug-likeness (QED) is 0.141. The smallest absolute Gasteiger partial charge is 0.328 e. The molecule has 3 rings (SSSR count). The molecule has 0 radical (unpaired) electrons. The minimum absolute atomic E-state index is 0.00475. The summed E-state index contributed by atoms with van der Waals surface area (Å²) in [7, 11) is 9.21. The van der Waals surface area contributed by atoms with E-state index in [0.29, 0.717) is 29.7 Å². The average Bonchev–Trinajstić information content (AvgIpc) is 3.21. The summed E-state index contributed by atoms with van der Waals surface area (Å²) >= 11 is 0. The molecule has 0 heterocycles. The maximum atomic E-state index is 14.5. The number of esters is 2. The van der Waals surface area contributed by atoms with Crippen molar-refractivity contribution >= 4 is 29.7 Å². The minimum Gasteiger partial charge on any atom is -0.508 e.